The van der Waals surface area contributed by atoms with E-state index in [0.29, 0.717) is 13.2 Å². The van der Waals surface area contributed by atoms with Crippen LogP contribution >= 0.6 is 0 Å². The van der Waals surface area contributed by atoms with E-state index in [9.17, 15) is 4.79 Å². The van der Waals surface area contributed by atoms with E-state index in [1.54, 1.807) is 0 Å². The highest BCUT2D eigenvalue weighted by molar-refractivity contribution is 5.80. The lowest BCUT2D eigenvalue weighted by Crippen LogP contribution is -2.50. The quantitative estimate of drug-likeness (QED) is 0.839. The molecule has 0 radical (unpaired) electrons. The number of nitrogens with one attached hydrogen (secondary N) is 2. The van der Waals surface area contributed by atoms with E-state index < -0.39 is 0 Å². The highest BCUT2D eigenvalue weighted by atomic mass is 16.5. The first-order chi connectivity index (χ1) is 10.0. The zero-order valence-electron chi connectivity index (χ0n) is 13.2. The first-order valence-electron chi connectivity index (χ1n) is 7.63. The molecule has 21 heavy (non-hydrogen) atoms. The minimum atomic E-state index is -0.214. The van der Waals surface area contributed by atoms with Gasteiger partial charge in [0.05, 0.1) is 19.1 Å². The summed E-state index contributed by atoms with van der Waals surface area (Å²) in [6, 6.07) is 10.5. The van der Waals surface area contributed by atoms with E-state index in [2.05, 4.69) is 36.6 Å². The van der Waals surface area contributed by atoms with Gasteiger partial charge in [-0.05, 0) is 39.3 Å². The highest BCUT2D eigenvalue weighted by Gasteiger charge is 2.35. The lowest BCUT2D eigenvalue weighted by molar-refractivity contribution is -0.127. The molecule has 0 aliphatic carbocycles. The van der Waals surface area contributed by atoms with Gasteiger partial charge in [0, 0.05) is 11.6 Å². The molecular formula is C17H26N2O2. The van der Waals surface area contributed by atoms with Gasteiger partial charge in [-0.15, -0.1) is 0 Å². The van der Waals surface area contributed by atoms with Crippen molar-refractivity contribution in [2.24, 2.45) is 5.92 Å². The maximum absolute atomic E-state index is 12.4. The Labute approximate surface area is 127 Å². The third-order valence-corrected chi connectivity index (χ3v) is 4.13. The number of ether oxygens (including phenoxy) is 1. The van der Waals surface area contributed by atoms with Gasteiger partial charge in [0.25, 0.3) is 0 Å². The standard InChI is InChI=1S/C17H26N2O2/c1-17(2,10-9-13-7-5-4-6-8-13)19-16(20)14-11-21-12-15(14)18-3/h4-8,14-15,18H,9-12H2,1-3H3,(H,19,20). The first-order valence-corrected chi connectivity index (χ1v) is 7.63. The van der Waals surface area contributed by atoms with Gasteiger partial charge in [-0.2, -0.15) is 0 Å². The van der Waals surface area contributed by atoms with Crippen molar-refractivity contribution in [1.29, 1.82) is 0 Å². The fraction of sp³-hybridized carbons (Fsp3) is 0.588. The maximum atomic E-state index is 12.4. The van der Waals surface area contributed by atoms with Crippen molar-refractivity contribution >= 4 is 5.91 Å². The molecule has 0 saturated carbocycles. The highest BCUT2D eigenvalue weighted by Crippen LogP contribution is 2.18. The summed E-state index contributed by atoms with van der Waals surface area (Å²) in [5.41, 5.74) is 1.09. The number of hydrogen-bond donors (Lipinski definition) is 2. The number of benzene rings is 1. The van der Waals surface area contributed by atoms with Gasteiger partial charge in [0.15, 0.2) is 0 Å². The van der Waals surface area contributed by atoms with Crippen LogP contribution in [0.25, 0.3) is 0 Å². The maximum Gasteiger partial charge on any atom is 0.227 e. The average molecular weight is 290 g/mol. The number of carbonyl (C=O) groups excluding carboxylic acids is 1. The summed E-state index contributed by atoms with van der Waals surface area (Å²) in [6.07, 6.45) is 1.88. The molecule has 4 nitrogen and oxygen atoms in total. The monoisotopic (exact) mass is 290 g/mol. The minimum Gasteiger partial charge on any atom is -0.379 e. The fourth-order valence-electron chi connectivity index (χ4n) is 2.69. The van der Waals surface area contributed by atoms with Crippen molar-refractivity contribution in [1.82, 2.24) is 10.6 Å². The van der Waals surface area contributed by atoms with Crippen molar-refractivity contribution in [2.45, 2.75) is 38.3 Å². The second-order valence-electron chi connectivity index (χ2n) is 6.40. The van der Waals surface area contributed by atoms with Gasteiger partial charge in [-0.25, -0.2) is 0 Å². The zero-order valence-corrected chi connectivity index (χ0v) is 13.2. The predicted octanol–water partition coefficient (Wildman–Crippen LogP) is 1.75. The molecular weight excluding hydrogens is 264 g/mol. The van der Waals surface area contributed by atoms with Crippen LogP contribution in [-0.4, -0.2) is 37.7 Å². The van der Waals surface area contributed by atoms with Crippen molar-refractivity contribution in [3.63, 3.8) is 0 Å². The Morgan fingerprint density at radius 3 is 2.67 bits per heavy atom. The molecule has 1 amide bonds. The predicted molar refractivity (Wildman–Crippen MR) is 84.1 cm³/mol. The zero-order chi connectivity index (χ0) is 15.3. The Kier molecular flexibility index (Phi) is 5.37. The van der Waals surface area contributed by atoms with Crippen molar-refractivity contribution in [2.75, 3.05) is 20.3 Å². The Morgan fingerprint density at radius 2 is 2.00 bits per heavy atom. The number of amides is 1. The van der Waals surface area contributed by atoms with Crippen LogP contribution in [0.1, 0.15) is 25.8 Å². The summed E-state index contributed by atoms with van der Waals surface area (Å²) in [4.78, 5) is 12.4. The molecule has 1 aliphatic rings. The van der Waals surface area contributed by atoms with E-state index in [-0.39, 0.29) is 23.4 Å². The molecule has 1 aromatic carbocycles. The average Bonchev–Trinajstić information content (AvgIpc) is 2.94. The summed E-state index contributed by atoms with van der Waals surface area (Å²) in [7, 11) is 1.88. The van der Waals surface area contributed by atoms with Crippen LogP contribution in [0.3, 0.4) is 0 Å². The van der Waals surface area contributed by atoms with Gasteiger partial charge in [0.2, 0.25) is 5.91 Å². The molecule has 1 saturated heterocycles. The van der Waals surface area contributed by atoms with Crippen LogP contribution in [-0.2, 0) is 16.0 Å². The van der Waals surface area contributed by atoms with Crippen LogP contribution in [0.5, 0.6) is 0 Å². The van der Waals surface area contributed by atoms with Gasteiger partial charge in [0.1, 0.15) is 0 Å². The van der Waals surface area contributed by atoms with Gasteiger partial charge >= 0.3 is 0 Å². The normalized spacial score (nSPS) is 22.2. The molecule has 0 bridgehead atoms. The third kappa shape index (κ3) is 4.55. The van der Waals surface area contributed by atoms with Crippen LogP contribution in [0.4, 0.5) is 0 Å². The molecule has 116 valence electrons. The summed E-state index contributed by atoms with van der Waals surface area (Å²) in [5, 5.41) is 6.33. The number of aryl methyl sites for hydroxylation is 1. The fourth-order valence-corrected chi connectivity index (χ4v) is 2.69. The number of hydrogen-bond acceptors (Lipinski definition) is 3. The van der Waals surface area contributed by atoms with E-state index in [1.165, 1.54) is 5.56 Å². The number of likely N-dealkylation sites (N-methyl/N-ethyl adjacent to an activating group) is 1. The first kappa shape index (κ1) is 16.0. The number of rotatable bonds is 6. The lowest BCUT2D eigenvalue weighted by Gasteiger charge is -2.29. The molecule has 0 spiro atoms. The Bertz CT molecular complexity index is 459. The Morgan fingerprint density at radius 1 is 1.29 bits per heavy atom. The minimum absolute atomic E-state index is 0.0879. The third-order valence-electron chi connectivity index (χ3n) is 4.13. The second-order valence-corrected chi connectivity index (χ2v) is 6.40. The van der Waals surface area contributed by atoms with Gasteiger partial charge < -0.3 is 15.4 Å². The molecule has 2 N–H and O–H groups in total. The number of carbonyl (C=O) groups is 1. The van der Waals surface area contributed by atoms with Gasteiger partial charge in [-0.1, -0.05) is 30.3 Å². The van der Waals surface area contributed by atoms with Crippen molar-refractivity contribution in [3.8, 4) is 0 Å². The lowest BCUT2D eigenvalue weighted by atomic mass is 9.93. The molecule has 1 heterocycles. The summed E-state index contributed by atoms with van der Waals surface area (Å²) in [6.45, 7) is 5.28. The van der Waals surface area contributed by atoms with Crippen LogP contribution in [0, 0.1) is 5.92 Å². The summed E-state index contributed by atoms with van der Waals surface area (Å²) in [5.74, 6) is -0.00379. The van der Waals surface area contributed by atoms with Crippen molar-refractivity contribution < 1.29 is 9.53 Å². The molecule has 1 aliphatic heterocycles. The van der Waals surface area contributed by atoms with E-state index in [4.69, 9.17) is 4.74 Å². The molecule has 2 unspecified atom stereocenters. The van der Waals surface area contributed by atoms with Gasteiger partial charge in [-0.3, -0.25) is 4.79 Å². The molecule has 4 heteroatoms. The molecule has 2 atom stereocenters. The Hall–Kier alpha value is -1.39. The van der Waals surface area contributed by atoms with Crippen LogP contribution in [0.15, 0.2) is 30.3 Å². The topological polar surface area (TPSA) is 50.4 Å². The van der Waals surface area contributed by atoms with Crippen LogP contribution in [0.2, 0.25) is 0 Å². The smallest absolute Gasteiger partial charge is 0.227 e. The molecule has 1 aromatic rings. The van der Waals surface area contributed by atoms with E-state index in [1.807, 2.05) is 25.2 Å². The molecule has 0 aromatic heterocycles. The van der Waals surface area contributed by atoms with Crippen molar-refractivity contribution in [3.05, 3.63) is 35.9 Å². The second kappa shape index (κ2) is 7.05. The summed E-state index contributed by atoms with van der Waals surface area (Å²) >= 11 is 0. The molecule has 2 rings (SSSR count). The Balaban J connectivity index is 1.86. The van der Waals surface area contributed by atoms with E-state index >= 15 is 0 Å². The molecule has 1 fully saturated rings. The largest absolute Gasteiger partial charge is 0.379 e. The summed E-state index contributed by atoms with van der Waals surface area (Å²) < 4.78 is 5.40. The van der Waals surface area contributed by atoms with E-state index in [0.717, 1.165) is 12.8 Å². The SMILES string of the molecule is CNC1COCC1C(=O)NC(C)(C)CCc1ccccc1. The van der Waals surface area contributed by atoms with Crippen LogP contribution < -0.4 is 10.6 Å².